The van der Waals surface area contributed by atoms with Gasteiger partial charge >= 0.3 is 0 Å². The molecule has 0 bridgehead atoms. The van der Waals surface area contributed by atoms with Crippen molar-refractivity contribution >= 4 is 70.1 Å². The molecule has 0 aliphatic carbocycles. The number of fused-ring (bicyclic) bond motifs is 6. The van der Waals surface area contributed by atoms with Gasteiger partial charge in [-0.2, -0.15) is 0 Å². The van der Waals surface area contributed by atoms with E-state index in [-0.39, 0.29) is 0 Å². The van der Waals surface area contributed by atoms with Crippen molar-refractivity contribution < 1.29 is 0 Å². The van der Waals surface area contributed by atoms with E-state index in [9.17, 15) is 0 Å². The fourth-order valence-corrected chi connectivity index (χ4v) is 7.83. The Balaban J connectivity index is 1.09. The molecule has 3 heteroatoms. The van der Waals surface area contributed by atoms with Crippen LogP contribution in [0.2, 0.25) is 0 Å². The zero-order valence-corrected chi connectivity index (χ0v) is 25.8. The van der Waals surface area contributed by atoms with E-state index in [1.807, 2.05) is 12.4 Å². The number of aromatic nitrogens is 1. The predicted molar refractivity (Wildman–Crippen MR) is 198 cm³/mol. The van der Waals surface area contributed by atoms with Crippen molar-refractivity contribution in [2.75, 3.05) is 4.90 Å². The molecule has 9 rings (SSSR count). The molecule has 0 spiro atoms. The van der Waals surface area contributed by atoms with Crippen LogP contribution in [0.5, 0.6) is 0 Å². The number of benzene rings is 7. The quantitative estimate of drug-likeness (QED) is 0.182. The first kappa shape index (κ1) is 26.6. The van der Waals surface area contributed by atoms with Crippen LogP contribution in [-0.2, 0) is 0 Å². The molecule has 2 nitrogen and oxygen atoms in total. The summed E-state index contributed by atoms with van der Waals surface area (Å²) in [6.45, 7) is 0. The van der Waals surface area contributed by atoms with E-state index in [0.29, 0.717) is 0 Å². The van der Waals surface area contributed by atoms with Gasteiger partial charge in [0.05, 0.1) is 4.70 Å². The highest BCUT2D eigenvalue weighted by Gasteiger charge is 2.15. The molecule has 2 heterocycles. The second-order valence-electron chi connectivity index (χ2n) is 11.6. The van der Waals surface area contributed by atoms with Gasteiger partial charge in [-0.3, -0.25) is 4.98 Å². The minimum absolute atomic E-state index is 1.12. The van der Waals surface area contributed by atoms with E-state index in [1.54, 1.807) is 11.3 Å². The monoisotopic (exact) mass is 604 g/mol. The molecule has 216 valence electrons. The Hall–Kier alpha value is -5.77. The Morgan fingerprint density at radius 1 is 0.413 bits per heavy atom. The van der Waals surface area contributed by atoms with E-state index in [4.69, 9.17) is 0 Å². The highest BCUT2D eigenvalue weighted by Crippen LogP contribution is 2.40. The standard InChI is InChI=1S/C43H28N2S/c1-2-9-33(10-3-1)45(34-19-14-29(15-20-34)31-18-23-39-40-24-25-44-28-43(40)46-42(39)27-31)35-21-16-30(17-22-35)41-26-32-8-4-5-11-36(32)37-12-6-7-13-38(37)41/h1-28H. The summed E-state index contributed by atoms with van der Waals surface area (Å²) in [5.41, 5.74) is 8.25. The SMILES string of the molecule is c1ccc(N(c2ccc(-c3ccc4c(c3)sc3cnccc34)cc2)c2ccc(-c3cc4ccccc4c4ccccc34)cc2)cc1. The van der Waals surface area contributed by atoms with E-state index in [0.717, 1.165) is 17.1 Å². The van der Waals surface area contributed by atoms with Gasteiger partial charge in [-0.15, -0.1) is 11.3 Å². The number of para-hydroxylation sites is 1. The third-order valence-corrected chi connectivity index (χ3v) is 10.1. The third kappa shape index (κ3) is 4.52. The lowest BCUT2D eigenvalue weighted by Crippen LogP contribution is -2.09. The number of thiophene rings is 1. The minimum Gasteiger partial charge on any atom is -0.311 e. The smallest absolute Gasteiger partial charge is 0.0538 e. The van der Waals surface area contributed by atoms with Crippen molar-refractivity contribution in [1.29, 1.82) is 0 Å². The third-order valence-electron chi connectivity index (χ3n) is 8.95. The number of anilines is 3. The number of hydrogen-bond donors (Lipinski definition) is 0. The summed E-state index contributed by atoms with van der Waals surface area (Å²) in [6.07, 6.45) is 3.84. The summed E-state index contributed by atoms with van der Waals surface area (Å²) in [7, 11) is 0. The fourth-order valence-electron chi connectivity index (χ4n) is 6.72. The highest BCUT2D eigenvalue weighted by atomic mass is 32.1. The zero-order chi connectivity index (χ0) is 30.5. The van der Waals surface area contributed by atoms with Crippen LogP contribution in [0.1, 0.15) is 0 Å². The van der Waals surface area contributed by atoms with Crippen molar-refractivity contribution in [3.05, 3.63) is 170 Å². The number of rotatable bonds is 5. The Bertz CT molecular complexity index is 2510. The van der Waals surface area contributed by atoms with Crippen LogP contribution in [-0.4, -0.2) is 4.98 Å². The van der Waals surface area contributed by atoms with Crippen molar-refractivity contribution in [3.8, 4) is 22.3 Å². The fraction of sp³-hybridized carbons (Fsp3) is 0. The van der Waals surface area contributed by atoms with Crippen LogP contribution in [0.3, 0.4) is 0 Å². The van der Waals surface area contributed by atoms with Crippen LogP contribution in [0, 0.1) is 0 Å². The minimum atomic E-state index is 1.12. The van der Waals surface area contributed by atoms with Crippen LogP contribution in [0.25, 0.3) is 64.0 Å². The topological polar surface area (TPSA) is 16.1 Å². The van der Waals surface area contributed by atoms with Gasteiger partial charge in [0, 0.05) is 44.9 Å². The lowest BCUT2D eigenvalue weighted by Gasteiger charge is -2.26. The lowest BCUT2D eigenvalue weighted by atomic mass is 9.93. The van der Waals surface area contributed by atoms with Crippen LogP contribution < -0.4 is 4.90 Å². The van der Waals surface area contributed by atoms with Gasteiger partial charge in [-0.25, -0.2) is 0 Å². The van der Waals surface area contributed by atoms with Crippen molar-refractivity contribution in [3.63, 3.8) is 0 Å². The first-order valence-corrected chi connectivity index (χ1v) is 16.3. The van der Waals surface area contributed by atoms with Gasteiger partial charge in [0.15, 0.2) is 0 Å². The molecule has 7 aromatic carbocycles. The van der Waals surface area contributed by atoms with E-state index in [2.05, 4.69) is 168 Å². The molecular formula is C43H28N2S. The molecule has 0 radical (unpaired) electrons. The van der Waals surface area contributed by atoms with Gasteiger partial charge in [0.1, 0.15) is 0 Å². The van der Waals surface area contributed by atoms with Crippen molar-refractivity contribution in [2.24, 2.45) is 0 Å². The molecule has 0 saturated heterocycles. The molecule has 0 unspecified atom stereocenters. The maximum Gasteiger partial charge on any atom is 0.0538 e. The van der Waals surface area contributed by atoms with Gasteiger partial charge in [0.2, 0.25) is 0 Å². The molecule has 2 aromatic heterocycles. The number of hydrogen-bond acceptors (Lipinski definition) is 3. The summed E-state index contributed by atoms with van der Waals surface area (Å²) >= 11 is 1.80. The normalized spacial score (nSPS) is 11.5. The van der Waals surface area contributed by atoms with Crippen LogP contribution in [0.4, 0.5) is 17.1 Å². The van der Waals surface area contributed by atoms with E-state index in [1.165, 1.54) is 64.0 Å². The summed E-state index contributed by atoms with van der Waals surface area (Å²) in [6, 6.07) is 57.1. The second-order valence-corrected chi connectivity index (χ2v) is 12.7. The number of nitrogens with zero attached hydrogens (tertiary/aromatic N) is 2. The first-order valence-electron chi connectivity index (χ1n) is 15.5. The van der Waals surface area contributed by atoms with Gasteiger partial charge in [-0.05, 0) is 98.4 Å². The maximum atomic E-state index is 4.31. The number of pyridine rings is 1. The average molecular weight is 605 g/mol. The van der Waals surface area contributed by atoms with Crippen LogP contribution in [0.15, 0.2) is 170 Å². The highest BCUT2D eigenvalue weighted by molar-refractivity contribution is 7.25. The predicted octanol–water partition coefficient (Wildman–Crippen LogP) is 12.6. The summed E-state index contributed by atoms with van der Waals surface area (Å²) in [5, 5.41) is 7.67. The van der Waals surface area contributed by atoms with Crippen LogP contribution >= 0.6 is 11.3 Å². The molecule has 46 heavy (non-hydrogen) atoms. The maximum absolute atomic E-state index is 4.31. The van der Waals surface area contributed by atoms with Gasteiger partial charge in [0.25, 0.3) is 0 Å². The molecule has 0 aliphatic heterocycles. The summed E-state index contributed by atoms with van der Waals surface area (Å²) in [4.78, 5) is 6.64. The molecule has 0 N–H and O–H groups in total. The Kier molecular flexibility index (Phi) is 6.36. The summed E-state index contributed by atoms with van der Waals surface area (Å²) in [5.74, 6) is 0. The average Bonchev–Trinajstić information content (AvgIpc) is 3.50. The summed E-state index contributed by atoms with van der Waals surface area (Å²) < 4.78 is 2.51. The molecular weight excluding hydrogens is 577 g/mol. The van der Waals surface area contributed by atoms with Gasteiger partial charge < -0.3 is 4.90 Å². The Morgan fingerprint density at radius 3 is 1.80 bits per heavy atom. The van der Waals surface area contributed by atoms with E-state index < -0.39 is 0 Å². The largest absolute Gasteiger partial charge is 0.311 e. The van der Waals surface area contributed by atoms with Crippen molar-refractivity contribution in [1.82, 2.24) is 4.98 Å². The molecule has 0 amide bonds. The zero-order valence-electron chi connectivity index (χ0n) is 25.0. The van der Waals surface area contributed by atoms with E-state index >= 15 is 0 Å². The molecule has 0 aliphatic rings. The van der Waals surface area contributed by atoms with Gasteiger partial charge in [-0.1, -0.05) is 103 Å². The Morgan fingerprint density at radius 2 is 1.02 bits per heavy atom. The molecule has 0 saturated carbocycles. The molecule has 0 atom stereocenters. The molecule has 0 fully saturated rings. The first-order chi connectivity index (χ1) is 22.8. The lowest BCUT2D eigenvalue weighted by molar-refractivity contribution is 1.28. The van der Waals surface area contributed by atoms with Crippen molar-refractivity contribution in [2.45, 2.75) is 0 Å². The Labute approximate surface area is 271 Å². The molecule has 9 aromatic rings. The second kappa shape index (κ2) is 11.0.